The summed E-state index contributed by atoms with van der Waals surface area (Å²) in [6.07, 6.45) is -4.85. The first kappa shape index (κ1) is 14.1. The van der Waals surface area contributed by atoms with Gasteiger partial charge >= 0.3 is 6.18 Å². The third-order valence-corrected chi connectivity index (χ3v) is 4.03. The highest BCUT2D eigenvalue weighted by Gasteiger charge is 2.62. The lowest BCUT2D eigenvalue weighted by molar-refractivity contribution is -0.197. The maximum Gasteiger partial charge on any atom is 0.403 e. The zero-order valence-corrected chi connectivity index (χ0v) is 11.4. The SMILES string of the molecule is Cc1ccc2oc(C(=O)C3(C(F)(F)F)CCNC3)cc2c1. The average Bonchev–Trinajstić information content (AvgIpc) is 3.03. The van der Waals surface area contributed by atoms with E-state index in [1.807, 2.05) is 6.92 Å². The summed E-state index contributed by atoms with van der Waals surface area (Å²) in [6.45, 7) is 1.64. The lowest BCUT2D eigenvalue weighted by atomic mass is 9.80. The monoisotopic (exact) mass is 297 g/mol. The maximum atomic E-state index is 13.4. The Morgan fingerprint density at radius 3 is 2.71 bits per heavy atom. The molecule has 1 unspecified atom stereocenters. The number of halogens is 3. The third kappa shape index (κ3) is 2.14. The van der Waals surface area contributed by atoms with Crippen molar-refractivity contribution < 1.29 is 22.4 Å². The van der Waals surface area contributed by atoms with Gasteiger partial charge in [0.15, 0.2) is 5.76 Å². The number of carbonyl (C=O) groups excluding carboxylic acids is 1. The zero-order valence-electron chi connectivity index (χ0n) is 11.4. The van der Waals surface area contributed by atoms with Crippen molar-refractivity contribution in [1.82, 2.24) is 5.32 Å². The molecule has 2 heterocycles. The van der Waals surface area contributed by atoms with Gasteiger partial charge in [0.2, 0.25) is 5.78 Å². The molecule has 1 aromatic carbocycles. The second kappa shape index (κ2) is 4.59. The predicted octanol–water partition coefficient (Wildman–Crippen LogP) is 3.47. The van der Waals surface area contributed by atoms with E-state index in [0.717, 1.165) is 5.56 Å². The van der Waals surface area contributed by atoms with Crippen molar-refractivity contribution in [1.29, 1.82) is 0 Å². The van der Waals surface area contributed by atoms with E-state index >= 15 is 0 Å². The Balaban J connectivity index is 2.06. The molecule has 0 saturated carbocycles. The molecule has 112 valence electrons. The number of nitrogens with one attached hydrogen (secondary N) is 1. The van der Waals surface area contributed by atoms with Gasteiger partial charge in [0.05, 0.1) is 0 Å². The minimum atomic E-state index is -4.59. The van der Waals surface area contributed by atoms with Crippen LogP contribution in [0.15, 0.2) is 28.7 Å². The number of rotatable bonds is 2. The van der Waals surface area contributed by atoms with Crippen LogP contribution in [0.1, 0.15) is 22.5 Å². The van der Waals surface area contributed by atoms with Gasteiger partial charge in [0.1, 0.15) is 11.0 Å². The van der Waals surface area contributed by atoms with Gasteiger partial charge in [-0.15, -0.1) is 0 Å². The number of fused-ring (bicyclic) bond motifs is 1. The number of hydrogen-bond acceptors (Lipinski definition) is 3. The number of Topliss-reactive ketones (excluding diaryl/α,β-unsaturated/α-hetero) is 1. The molecule has 3 rings (SSSR count). The molecule has 0 spiro atoms. The van der Waals surface area contributed by atoms with Crippen molar-refractivity contribution in [3.8, 4) is 0 Å². The summed E-state index contributed by atoms with van der Waals surface area (Å²) in [6, 6.07) is 6.63. The van der Waals surface area contributed by atoms with Crippen molar-refractivity contribution in [2.45, 2.75) is 19.5 Å². The maximum absolute atomic E-state index is 13.4. The molecule has 0 amide bonds. The summed E-state index contributed by atoms with van der Waals surface area (Å²) in [7, 11) is 0. The molecule has 0 bridgehead atoms. The van der Waals surface area contributed by atoms with E-state index in [2.05, 4.69) is 5.32 Å². The number of ketones is 1. The molecule has 2 aromatic rings. The molecule has 21 heavy (non-hydrogen) atoms. The lowest BCUT2D eigenvalue weighted by Gasteiger charge is -2.28. The second-order valence-electron chi connectivity index (χ2n) is 5.49. The Hall–Kier alpha value is -1.82. The van der Waals surface area contributed by atoms with Crippen LogP contribution in [0.3, 0.4) is 0 Å². The Kier molecular flexibility index (Phi) is 3.09. The Morgan fingerprint density at radius 1 is 1.33 bits per heavy atom. The van der Waals surface area contributed by atoms with E-state index in [1.165, 1.54) is 6.07 Å². The summed E-state index contributed by atoms with van der Waals surface area (Å²) in [4.78, 5) is 12.4. The molecule has 0 radical (unpaired) electrons. The van der Waals surface area contributed by atoms with Crippen LogP contribution in [-0.2, 0) is 0 Å². The molecule has 1 aromatic heterocycles. The fourth-order valence-electron chi connectivity index (χ4n) is 2.77. The fraction of sp³-hybridized carbons (Fsp3) is 0.400. The number of furan rings is 1. The average molecular weight is 297 g/mol. The van der Waals surface area contributed by atoms with E-state index < -0.39 is 23.9 Å². The van der Waals surface area contributed by atoms with Crippen molar-refractivity contribution >= 4 is 16.8 Å². The Labute approximate surface area is 119 Å². The summed E-state index contributed by atoms with van der Waals surface area (Å²) >= 11 is 0. The zero-order chi connectivity index (χ0) is 15.3. The van der Waals surface area contributed by atoms with Gasteiger partial charge in [0.25, 0.3) is 0 Å². The fourth-order valence-corrected chi connectivity index (χ4v) is 2.77. The van der Waals surface area contributed by atoms with Gasteiger partial charge in [-0.2, -0.15) is 13.2 Å². The van der Waals surface area contributed by atoms with E-state index in [4.69, 9.17) is 4.42 Å². The van der Waals surface area contributed by atoms with E-state index in [0.29, 0.717) is 11.0 Å². The highest BCUT2D eigenvalue weighted by Crippen LogP contribution is 2.45. The standard InChI is InChI=1S/C15H14F3NO2/c1-9-2-3-11-10(6-9)7-12(21-11)13(20)14(15(16,17)18)4-5-19-8-14/h2-3,6-7,19H,4-5,8H2,1H3. The number of aryl methyl sites for hydroxylation is 1. The highest BCUT2D eigenvalue weighted by atomic mass is 19.4. The molecule has 6 heteroatoms. The highest BCUT2D eigenvalue weighted by molar-refractivity contribution is 6.02. The van der Waals surface area contributed by atoms with Crippen LogP contribution < -0.4 is 5.32 Å². The molecular formula is C15H14F3NO2. The van der Waals surface area contributed by atoms with E-state index in [9.17, 15) is 18.0 Å². The minimum absolute atomic E-state index is 0.171. The van der Waals surface area contributed by atoms with Crippen molar-refractivity contribution in [3.05, 3.63) is 35.6 Å². The van der Waals surface area contributed by atoms with Crippen LogP contribution in [0.5, 0.6) is 0 Å². The van der Waals surface area contributed by atoms with Gasteiger partial charge < -0.3 is 9.73 Å². The smallest absolute Gasteiger partial charge is 0.403 e. The summed E-state index contributed by atoms with van der Waals surface area (Å²) < 4.78 is 45.4. The number of alkyl halides is 3. The Bertz CT molecular complexity index is 696. The van der Waals surface area contributed by atoms with Crippen LogP contribution >= 0.6 is 0 Å². The quantitative estimate of drug-likeness (QED) is 0.863. The van der Waals surface area contributed by atoms with Gasteiger partial charge in [0, 0.05) is 11.9 Å². The van der Waals surface area contributed by atoms with Crippen molar-refractivity contribution in [3.63, 3.8) is 0 Å². The largest absolute Gasteiger partial charge is 0.453 e. The van der Waals surface area contributed by atoms with Gasteiger partial charge in [-0.05, 0) is 38.1 Å². The summed E-state index contributed by atoms with van der Waals surface area (Å²) in [5.74, 6) is -1.22. The number of carbonyl (C=O) groups is 1. The second-order valence-corrected chi connectivity index (χ2v) is 5.49. The first-order valence-corrected chi connectivity index (χ1v) is 6.66. The van der Waals surface area contributed by atoms with E-state index in [1.54, 1.807) is 18.2 Å². The molecule has 1 aliphatic heterocycles. The molecule has 1 aliphatic rings. The topological polar surface area (TPSA) is 42.2 Å². The van der Waals surface area contributed by atoms with Gasteiger partial charge in [-0.25, -0.2) is 0 Å². The molecule has 3 nitrogen and oxygen atoms in total. The van der Waals surface area contributed by atoms with Crippen LogP contribution in [0.2, 0.25) is 0 Å². The van der Waals surface area contributed by atoms with Crippen molar-refractivity contribution in [2.24, 2.45) is 5.41 Å². The first-order valence-electron chi connectivity index (χ1n) is 6.66. The molecule has 1 atom stereocenters. The molecular weight excluding hydrogens is 283 g/mol. The van der Waals surface area contributed by atoms with Crippen LogP contribution in [-0.4, -0.2) is 25.0 Å². The van der Waals surface area contributed by atoms with Crippen LogP contribution in [0, 0.1) is 12.3 Å². The molecule has 1 fully saturated rings. The number of hydrogen-bond donors (Lipinski definition) is 1. The number of benzene rings is 1. The minimum Gasteiger partial charge on any atom is -0.453 e. The molecule has 0 aliphatic carbocycles. The van der Waals surface area contributed by atoms with Gasteiger partial charge in [-0.3, -0.25) is 4.79 Å². The first-order chi connectivity index (χ1) is 9.83. The normalized spacial score (nSPS) is 22.9. The molecule has 1 saturated heterocycles. The summed E-state index contributed by atoms with van der Waals surface area (Å²) in [5.41, 5.74) is -1.00. The lowest BCUT2D eigenvalue weighted by Crippen LogP contribution is -2.46. The van der Waals surface area contributed by atoms with E-state index in [-0.39, 0.29) is 18.7 Å². The van der Waals surface area contributed by atoms with Crippen LogP contribution in [0.25, 0.3) is 11.0 Å². The molecule has 1 N–H and O–H groups in total. The van der Waals surface area contributed by atoms with Gasteiger partial charge in [-0.1, -0.05) is 11.6 Å². The third-order valence-electron chi connectivity index (χ3n) is 4.03. The van der Waals surface area contributed by atoms with Crippen LogP contribution in [0.4, 0.5) is 13.2 Å². The summed E-state index contributed by atoms with van der Waals surface area (Å²) in [5, 5.41) is 3.27. The Morgan fingerprint density at radius 2 is 2.10 bits per heavy atom. The van der Waals surface area contributed by atoms with Crippen molar-refractivity contribution in [2.75, 3.05) is 13.1 Å². The predicted molar refractivity (Wildman–Crippen MR) is 71.3 cm³/mol.